The molecule has 1 atom stereocenters. The SMILES string of the molecule is CC1(C)C(N(O)C(=O)Nc2ccc(Cl)cc2)N(c2ccc(Cl)cc2)C(=O)N1CCCC(=O)N/N=C\c1cc(Cl)cc(Cl)c1. The monoisotopic (exact) mass is 664 g/mol. The number of carbonyl (C=O) groups excluding carboxylic acids is 3. The zero-order valence-electron chi connectivity index (χ0n) is 23.1. The number of hydroxylamine groups is 2. The van der Waals surface area contributed by atoms with Gasteiger partial charge in [0.05, 0.1) is 11.8 Å². The number of hydrogen-bond acceptors (Lipinski definition) is 5. The van der Waals surface area contributed by atoms with Gasteiger partial charge >= 0.3 is 12.1 Å². The summed E-state index contributed by atoms with van der Waals surface area (Å²) in [6.45, 7) is 3.61. The van der Waals surface area contributed by atoms with Crippen LogP contribution in [0.5, 0.6) is 0 Å². The van der Waals surface area contributed by atoms with E-state index in [0.29, 0.717) is 42.1 Å². The highest BCUT2D eigenvalue weighted by atomic mass is 35.5. The van der Waals surface area contributed by atoms with E-state index in [1.165, 1.54) is 16.0 Å². The van der Waals surface area contributed by atoms with E-state index >= 15 is 0 Å². The molecule has 1 saturated heterocycles. The van der Waals surface area contributed by atoms with Gasteiger partial charge in [-0.3, -0.25) is 14.9 Å². The fraction of sp³-hybridized carbons (Fsp3) is 0.241. The topological polar surface area (TPSA) is 118 Å². The van der Waals surface area contributed by atoms with Crippen molar-refractivity contribution in [2.75, 3.05) is 16.8 Å². The van der Waals surface area contributed by atoms with Crippen LogP contribution in [-0.4, -0.2) is 57.6 Å². The smallest absolute Gasteiger partial charge is 0.315 e. The molecule has 1 fully saturated rings. The molecule has 1 aliphatic heterocycles. The van der Waals surface area contributed by atoms with Gasteiger partial charge in [-0.2, -0.15) is 10.2 Å². The molecule has 1 heterocycles. The van der Waals surface area contributed by atoms with E-state index in [2.05, 4.69) is 15.8 Å². The van der Waals surface area contributed by atoms with Crippen LogP contribution in [0, 0.1) is 0 Å². The van der Waals surface area contributed by atoms with Crippen LogP contribution in [0.15, 0.2) is 71.8 Å². The summed E-state index contributed by atoms with van der Waals surface area (Å²) in [6, 6.07) is 16.4. The molecule has 3 aromatic carbocycles. The molecule has 0 aliphatic carbocycles. The molecule has 14 heteroatoms. The first-order valence-corrected chi connectivity index (χ1v) is 14.6. The predicted octanol–water partition coefficient (Wildman–Crippen LogP) is 7.50. The minimum absolute atomic E-state index is 0.0546. The van der Waals surface area contributed by atoms with Crippen LogP contribution in [0.2, 0.25) is 20.1 Å². The van der Waals surface area contributed by atoms with Gasteiger partial charge in [-0.1, -0.05) is 46.4 Å². The Hall–Kier alpha value is -3.54. The van der Waals surface area contributed by atoms with Crippen LogP contribution in [0.25, 0.3) is 0 Å². The third-order valence-electron chi connectivity index (χ3n) is 6.72. The molecule has 0 saturated carbocycles. The Morgan fingerprint density at radius 3 is 2.14 bits per heavy atom. The van der Waals surface area contributed by atoms with Crippen molar-refractivity contribution in [1.29, 1.82) is 0 Å². The minimum atomic E-state index is -1.14. The number of hydrogen-bond donors (Lipinski definition) is 3. The summed E-state index contributed by atoms with van der Waals surface area (Å²) in [6.07, 6.45) is 0.612. The average Bonchev–Trinajstić information content (AvgIpc) is 3.14. The Kier molecular flexibility index (Phi) is 10.4. The Balaban J connectivity index is 1.47. The van der Waals surface area contributed by atoms with E-state index in [1.54, 1.807) is 80.6 Å². The van der Waals surface area contributed by atoms with Gasteiger partial charge < -0.3 is 10.2 Å². The van der Waals surface area contributed by atoms with Crippen molar-refractivity contribution in [3.8, 4) is 0 Å². The molecular formula is C29H28Cl4N6O4. The minimum Gasteiger partial charge on any atom is -0.315 e. The highest BCUT2D eigenvalue weighted by Gasteiger charge is 2.55. The second-order valence-electron chi connectivity index (χ2n) is 10.2. The number of halogens is 4. The lowest BCUT2D eigenvalue weighted by Gasteiger charge is -2.38. The summed E-state index contributed by atoms with van der Waals surface area (Å²) in [7, 11) is 0. The van der Waals surface area contributed by atoms with Gasteiger partial charge in [-0.15, -0.1) is 0 Å². The molecular weight excluding hydrogens is 638 g/mol. The summed E-state index contributed by atoms with van der Waals surface area (Å²) in [5, 5.41) is 20.0. The lowest BCUT2D eigenvalue weighted by Crippen LogP contribution is -2.58. The van der Waals surface area contributed by atoms with Crippen LogP contribution in [0.4, 0.5) is 21.0 Å². The summed E-state index contributed by atoms with van der Waals surface area (Å²) in [4.78, 5) is 42.2. The van der Waals surface area contributed by atoms with Gasteiger partial charge in [0.15, 0.2) is 6.17 Å². The van der Waals surface area contributed by atoms with Crippen molar-refractivity contribution in [2.24, 2.45) is 5.10 Å². The Morgan fingerprint density at radius 2 is 1.53 bits per heavy atom. The Bertz CT molecular complexity index is 1500. The molecule has 0 bridgehead atoms. The second kappa shape index (κ2) is 13.8. The lowest BCUT2D eigenvalue weighted by atomic mass is 9.99. The number of benzene rings is 3. The Morgan fingerprint density at radius 1 is 0.953 bits per heavy atom. The van der Waals surface area contributed by atoms with E-state index in [9.17, 15) is 19.6 Å². The first-order valence-electron chi connectivity index (χ1n) is 13.1. The van der Waals surface area contributed by atoms with Crippen molar-refractivity contribution in [3.05, 3.63) is 92.4 Å². The number of hydrazone groups is 1. The number of nitrogens with one attached hydrogen (secondary N) is 2. The lowest BCUT2D eigenvalue weighted by molar-refractivity contribution is -0.121. The van der Waals surface area contributed by atoms with Crippen molar-refractivity contribution in [1.82, 2.24) is 15.4 Å². The van der Waals surface area contributed by atoms with Crippen molar-refractivity contribution >= 4 is 82.0 Å². The summed E-state index contributed by atoms with van der Waals surface area (Å²) in [5.74, 6) is -0.369. The second-order valence-corrected chi connectivity index (χ2v) is 11.9. The van der Waals surface area contributed by atoms with Gasteiger partial charge in [-0.05, 0) is 92.6 Å². The molecule has 226 valence electrons. The van der Waals surface area contributed by atoms with Gasteiger partial charge in [-0.25, -0.2) is 15.0 Å². The standard InChI is InChI=1S/C29H28Cl4N6O4/c1-29(2)26(39(43)27(41)35-23-9-5-19(30)6-10-23)38(24-11-7-20(31)8-12-24)28(42)37(29)13-3-4-25(40)36-34-17-18-14-21(32)16-22(33)15-18/h5-12,14-17,26,43H,3-4,13H2,1-2H3,(H,35,41)(H,36,40)/b34-17-. The van der Waals surface area contributed by atoms with E-state index in [-0.39, 0.29) is 25.3 Å². The maximum absolute atomic E-state index is 13.8. The number of urea groups is 2. The molecule has 5 amide bonds. The zero-order valence-corrected chi connectivity index (χ0v) is 26.1. The summed E-state index contributed by atoms with van der Waals surface area (Å²) in [5.41, 5.74) is 2.78. The number of amides is 5. The van der Waals surface area contributed by atoms with Gasteiger partial charge in [0, 0.05) is 44.4 Å². The van der Waals surface area contributed by atoms with E-state index in [0.717, 1.165) is 0 Å². The van der Waals surface area contributed by atoms with Crippen LogP contribution in [0.3, 0.4) is 0 Å². The summed E-state index contributed by atoms with van der Waals surface area (Å²) < 4.78 is 0. The van der Waals surface area contributed by atoms with Crippen LogP contribution >= 0.6 is 46.4 Å². The largest absolute Gasteiger partial charge is 0.347 e. The van der Waals surface area contributed by atoms with E-state index in [4.69, 9.17) is 46.4 Å². The molecule has 10 nitrogen and oxygen atoms in total. The van der Waals surface area contributed by atoms with Gasteiger partial charge in [0.1, 0.15) is 0 Å². The van der Waals surface area contributed by atoms with Gasteiger partial charge in [0.2, 0.25) is 5.91 Å². The normalized spacial score (nSPS) is 16.1. The third kappa shape index (κ3) is 7.90. The van der Waals surface area contributed by atoms with Crippen LogP contribution in [-0.2, 0) is 4.79 Å². The fourth-order valence-electron chi connectivity index (χ4n) is 4.69. The van der Waals surface area contributed by atoms with Crippen LogP contribution in [0.1, 0.15) is 32.3 Å². The van der Waals surface area contributed by atoms with Crippen LogP contribution < -0.4 is 15.6 Å². The first-order chi connectivity index (χ1) is 20.4. The average molecular weight is 666 g/mol. The molecule has 43 heavy (non-hydrogen) atoms. The van der Waals surface area contributed by atoms with Gasteiger partial charge in [0.25, 0.3) is 0 Å². The maximum atomic E-state index is 13.8. The van der Waals surface area contributed by atoms with Crippen molar-refractivity contribution in [2.45, 2.75) is 38.4 Å². The fourth-order valence-corrected chi connectivity index (χ4v) is 5.48. The molecule has 3 aromatic rings. The molecule has 0 spiro atoms. The molecule has 1 unspecified atom stereocenters. The molecule has 4 rings (SSSR count). The number of anilines is 2. The maximum Gasteiger partial charge on any atom is 0.347 e. The van der Waals surface area contributed by atoms with Crippen molar-refractivity contribution < 1.29 is 19.6 Å². The molecule has 0 aromatic heterocycles. The molecule has 1 aliphatic rings. The predicted molar refractivity (Wildman–Crippen MR) is 169 cm³/mol. The zero-order chi connectivity index (χ0) is 31.3. The highest BCUT2D eigenvalue weighted by Crippen LogP contribution is 2.38. The third-order valence-corrected chi connectivity index (χ3v) is 7.66. The van der Waals surface area contributed by atoms with Crippen molar-refractivity contribution in [3.63, 3.8) is 0 Å². The number of nitrogens with zero attached hydrogens (tertiary/aromatic N) is 4. The highest BCUT2D eigenvalue weighted by molar-refractivity contribution is 6.35. The van der Waals surface area contributed by atoms with E-state index in [1.807, 2.05) is 0 Å². The summed E-state index contributed by atoms with van der Waals surface area (Å²) >= 11 is 24.0. The molecule has 3 N–H and O–H groups in total. The number of rotatable bonds is 9. The Labute approximate surface area is 268 Å². The number of carbonyl (C=O) groups is 3. The quantitative estimate of drug-likeness (QED) is 0.125. The van der Waals surface area contributed by atoms with E-state index < -0.39 is 23.8 Å². The molecule has 0 radical (unpaired) electrons. The first kappa shape index (κ1) is 32.4.